The van der Waals surface area contributed by atoms with E-state index in [1.165, 1.54) is 0 Å². The van der Waals surface area contributed by atoms with Crippen molar-refractivity contribution in [1.29, 1.82) is 0 Å². The van der Waals surface area contributed by atoms with Gasteiger partial charge in [0.2, 0.25) is 0 Å². The number of nitrogens with one attached hydrogen (secondary N) is 1. The van der Waals surface area contributed by atoms with Gasteiger partial charge in [0, 0.05) is 31.9 Å². The lowest BCUT2D eigenvalue weighted by Crippen LogP contribution is -2.49. The fourth-order valence-corrected chi connectivity index (χ4v) is 4.05. The number of benzene rings is 1. The smallest absolute Gasteiger partial charge is 0.276 e. The maximum atomic E-state index is 13.0. The van der Waals surface area contributed by atoms with Crippen molar-refractivity contribution in [2.24, 2.45) is 0 Å². The lowest BCUT2D eigenvalue weighted by molar-refractivity contribution is 0.0740. The average Bonchev–Trinajstić information content (AvgIpc) is 3.15. The zero-order chi connectivity index (χ0) is 19.5. The number of methoxy groups -OCH3 is 1. The summed E-state index contributed by atoms with van der Waals surface area (Å²) in [6, 6.07) is 8.39. The molecule has 8 heteroatoms. The highest BCUT2D eigenvalue weighted by Gasteiger charge is 2.28. The van der Waals surface area contributed by atoms with Crippen LogP contribution in [0.1, 0.15) is 35.1 Å². The zero-order valence-corrected chi connectivity index (χ0v) is 16.6. The fraction of sp³-hybridized carbons (Fsp3) is 0.550. The molecule has 1 N–H and O–H groups in total. The van der Waals surface area contributed by atoms with Crippen LogP contribution >= 0.6 is 0 Å². The van der Waals surface area contributed by atoms with Gasteiger partial charge in [0.25, 0.3) is 5.91 Å². The van der Waals surface area contributed by atoms with Crippen LogP contribution in [0.5, 0.6) is 5.75 Å². The lowest BCUT2D eigenvalue weighted by atomic mass is 10.1. The van der Waals surface area contributed by atoms with Crippen LogP contribution in [0.3, 0.4) is 0 Å². The fourth-order valence-electron chi connectivity index (χ4n) is 4.05. The number of hydrogen-bond donors (Lipinski definition) is 1. The van der Waals surface area contributed by atoms with Crippen LogP contribution in [-0.4, -0.2) is 72.2 Å². The Bertz CT molecular complexity index is 805. The number of ether oxygens (including phenoxy) is 1. The number of anilines is 1. The minimum absolute atomic E-state index is 0.00735. The summed E-state index contributed by atoms with van der Waals surface area (Å²) in [5.41, 5.74) is 2.53. The van der Waals surface area contributed by atoms with Crippen molar-refractivity contribution in [2.75, 3.05) is 51.3 Å². The Labute approximate surface area is 165 Å². The van der Waals surface area contributed by atoms with E-state index in [-0.39, 0.29) is 5.91 Å². The van der Waals surface area contributed by atoms with Gasteiger partial charge in [0.1, 0.15) is 5.75 Å². The molecule has 0 saturated carbocycles. The van der Waals surface area contributed by atoms with E-state index in [0.717, 1.165) is 56.2 Å². The molecule has 2 aliphatic heterocycles. The molecule has 0 unspecified atom stereocenters. The highest BCUT2D eigenvalue weighted by atomic mass is 16.5. The third-order valence-electron chi connectivity index (χ3n) is 5.79. The van der Waals surface area contributed by atoms with E-state index in [1.54, 1.807) is 7.11 Å². The van der Waals surface area contributed by atoms with E-state index in [9.17, 15) is 4.79 Å². The number of piperidine rings is 1. The van der Waals surface area contributed by atoms with Crippen LogP contribution in [0.4, 0.5) is 5.69 Å². The summed E-state index contributed by atoms with van der Waals surface area (Å²) in [6.45, 7) is 6.91. The van der Waals surface area contributed by atoms with Crippen molar-refractivity contribution in [2.45, 2.75) is 25.8 Å². The highest BCUT2D eigenvalue weighted by Crippen LogP contribution is 2.23. The van der Waals surface area contributed by atoms with Gasteiger partial charge in [-0.15, -0.1) is 5.10 Å². The van der Waals surface area contributed by atoms with E-state index >= 15 is 0 Å². The van der Waals surface area contributed by atoms with Crippen LogP contribution in [0.15, 0.2) is 24.3 Å². The molecular weight excluding hydrogens is 356 g/mol. The molecule has 0 radical (unpaired) electrons. The summed E-state index contributed by atoms with van der Waals surface area (Å²) >= 11 is 0. The van der Waals surface area contributed by atoms with E-state index in [4.69, 9.17) is 4.74 Å². The molecule has 2 aromatic rings. The van der Waals surface area contributed by atoms with Crippen LogP contribution in [0.25, 0.3) is 0 Å². The first-order valence-electron chi connectivity index (χ1n) is 9.98. The van der Waals surface area contributed by atoms with Crippen molar-refractivity contribution >= 4 is 11.6 Å². The Kier molecular flexibility index (Phi) is 5.47. The molecule has 0 aliphatic carbocycles. The molecule has 28 heavy (non-hydrogen) atoms. The summed E-state index contributed by atoms with van der Waals surface area (Å²) < 4.78 is 7.17. The normalized spacial score (nSPS) is 18.4. The van der Waals surface area contributed by atoms with Crippen molar-refractivity contribution in [3.8, 4) is 5.75 Å². The van der Waals surface area contributed by atoms with Gasteiger partial charge in [-0.25, -0.2) is 4.68 Å². The predicted molar refractivity (Wildman–Crippen MR) is 107 cm³/mol. The topological polar surface area (TPSA) is 75.5 Å². The minimum atomic E-state index is -0.00735. The summed E-state index contributed by atoms with van der Waals surface area (Å²) in [4.78, 5) is 17.2. The first-order valence-corrected chi connectivity index (χ1v) is 9.98. The van der Waals surface area contributed by atoms with Gasteiger partial charge >= 0.3 is 0 Å². The molecule has 4 rings (SSSR count). The molecule has 1 aromatic heterocycles. The van der Waals surface area contributed by atoms with Crippen LogP contribution < -0.4 is 15.0 Å². The highest BCUT2D eigenvalue weighted by molar-refractivity contribution is 5.93. The number of hydrogen-bond acceptors (Lipinski definition) is 6. The Balaban J connectivity index is 1.39. The summed E-state index contributed by atoms with van der Waals surface area (Å²) in [7, 11) is 1.67. The molecular formula is C20H28N6O2. The summed E-state index contributed by atoms with van der Waals surface area (Å²) in [5.74, 6) is 0.844. The van der Waals surface area contributed by atoms with Gasteiger partial charge in [-0.05, 0) is 57.1 Å². The second kappa shape index (κ2) is 8.18. The van der Waals surface area contributed by atoms with Gasteiger partial charge in [-0.3, -0.25) is 4.79 Å². The monoisotopic (exact) mass is 384 g/mol. The lowest BCUT2D eigenvalue weighted by Gasteiger charge is -2.36. The van der Waals surface area contributed by atoms with Crippen molar-refractivity contribution in [1.82, 2.24) is 25.2 Å². The first-order chi connectivity index (χ1) is 13.7. The van der Waals surface area contributed by atoms with Gasteiger partial charge < -0.3 is 19.9 Å². The van der Waals surface area contributed by atoms with Crippen molar-refractivity contribution in [3.05, 3.63) is 35.7 Å². The van der Waals surface area contributed by atoms with Crippen LogP contribution in [-0.2, 0) is 0 Å². The van der Waals surface area contributed by atoms with Crippen LogP contribution in [0, 0.1) is 6.92 Å². The molecule has 2 fully saturated rings. The molecule has 1 amide bonds. The number of amides is 1. The third-order valence-corrected chi connectivity index (χ3v) is 5.79. The van der Waals surface area contributed by atoms with E-state index in [2.05, 4.69) is 32.7 Å². The number of aromatic nitrogens is 3. The molecule has 0 bridgehead atoms. The summed E-state index contributed by atoms with van der Waals surface area (Å²) in [6.07, 6.45) is 2.05. The molecule has 2 saturated heterocycles. The standard InChI is InChI=1S/C20H28N6O2/c1-15-19(22-23-26(15)17-7-9-21-10-8-17)20(27)25-13-11-24(12-14-25)16-3-5-18(28-2)6-4-16/h3-6,17,21H,7-14H2,1-2H3. The number of carbonyl (C=O) groups excluding carboxylic acids is 1. The average molecular weight is 384 g/mol. The SMILES string of the molecule is COc1ccc(N2CCN(C(=O)c3nnn(C4CCNCC4)c3C)CC2)cc1. The maximum absolute atomic E-state index is 13.0. The first kappa shape index (κ1) is 18.7. The number of rotatable bonds is 4. The maximum Gasteiger partial charge on any atom is 0.276 e. The largest absolute Gasteiger partial charge is 0.497 e. The molecule has 0 spiro atoms. The number of carbonyl (C=O) groups is 1. The second-order valence-electron chi connectivity index (χ2n) is 7.43. The Morgan fingerprint density at radius 3 is 2.43 bits per heavy atom. The van der Waals surface area contributed by atoms with Gasteiger partial charge in [-0.2, -0.15) is 0 Å². The van der Waals surface area contributed by atoms with Crippen molar-refractivity contribution < 1.29 is 9.53 Å². The molecule has 8 nitrogen and oxygen atoms in total. The van der Waals surface area contributed by atoms with Gasteiger partial charge in [0.05, 0.1) is 18.8 Å². The van der Waals surface area contributed by atoms with Gasteiger partial charge in [-0.1, -0.05) is 5.21 Å². The predicted octanol–water partition coefficient (Wildman–Crippen LogP) is 1.48. The van der Waals surface area contributed by atoms with Crippen LogP contribution in [0.2, 0.25) is 0 Å². The Hall–Kier alpha value is -2.61. The minimum Gasteiger partial charge on any atom is -0.497 e. The Morgan fingerprint density at radius 2 is 1.79 bits per heavy atom. The Morgan fingerprint density at radius 1 is 1.11 bits per heavy atom. The van der Waals surface area contributed by atoms with E-state index < -0.39 is 0 Å². The third kappa shape index (κ3) is 3.69. The molecule has 2 aliphatic rings. The summed E-state index contributed by atoms with van der Waals surface area (Å²) in [5, 5.41) is 11.9. The van der Waals surface area contributed by atoms with Gasteiger partial charge in [0.15, 0.2) is 5.69 Å². The number of piperazine rings is 1. The molecule has 3 heterocycles. The second-order valence-corrected chi connectivity index (χ2v) is 7.43. The zero-order valence-electron chi connectivity index (χ0n) is 16.6. The number of nitrogens with zero attached hydrogens (tertiary/aromatic N) is 5. The molecule has 1 aromatic carbocycles. The quantitative estimate of drug-likeness (QED) is 0.861. The van der Waals surface area contributed by atoms with Crippen molar-refractivity contribution in [3.63, 3.8) is 0 Å². The van der Waals surface area contributed by atoms with E-state index in [0.29, 0.717) is 24.8 Å². The molecule has 0 atom stereocenters. The molecule has 150 valence electrons. The van der Waals surface area contributed by atoms with E-state index in [1.807, 2.05) is 28.6 Å².